The van der Waals surface area contributed by atoms with Crippen LogP contribution in [-0.2, 0) is 13.1 Å². The first-order valence-corrected chi connectivity index (χ1v) is 6.14. The number of aryl methyl sites for hydroxylation is 1. The molecule has 1 N–H and O–H groups in total. The van der Waals surface area contributed by atoms with Crippen molar-refractivity contribution in [2.24, 2.45) is 0 Å². The fourth-order valence-corrected chi connectivity index (χ4v) is 1.77. The van der Waals surface area contributed by atoms with Crippen LogP contribution < -0.4 is 5.32 Å². The molecule has 0 fully saturated rings. The maximum absolute atomic E-state index is 12.0. The molecule has 1 aromatic heterocycles. The first kappa shape index (κ1) is 13.7. The highest BCUT2D eigenvalue weighted by atomic mass is 16.6. The van der Waals surface area contributed by atoms with Crippen molar-refractivity contribution < 1.29 is 9.72 Å². The lowest BCUT2D eigenvalue weighted by molar-refractivity contribution is -0.385. The predicted molar refractivity (Wildman–Crippen MR) is 72.2 cm³/mol. The summed E-state index contributed by atoms with van der Waals surface area (Å²) in [5, 5.41) is 17.6. The van der Waals surface area contributed by atoms with E-state index < -0.39 is 10.8 Å². The molecule has 1 aromatic carbocycles. The summed E-state index contributed by atoms with van der Waals surface area (Å²) < 4.78 is 1.74. The summed E-state index contributed by atoms with van der Waals surface area (Å²) in [4.78, 5) is 22.3. The number of hydrogen-bond donors (Lipinski definition) is 1. The molecule has 1 heterocycles. The molecular formula is C13H14N4O3. The summed E-state index contributed by atoms with van der Waals surface area (Å²) in [5.74, 6) is -0.471. The highest BCUT2D eigenvalue weighted by molar-refractivity contribution is 5.98. The number of hydrogen-bond acceptors (Lipinski definition) is 4. The van der Waals surface area contributed by atoms with Crippen molar-refractivity contribution in [3.05, 3.63) is 57.9 Å². The molecule has 20 heavy (non-hydrogen) atoms. The second-order valence-electron chi connectivity index (χ2n) is 4.16. The third kappa shape index (κ3) is 3.00. The Morgan fingerprint density at radius 2 is 2.20 bits per heavy atom. The van der Waals surface area contributed by atoms with E-state index in [9.17, 15) is 14.9 Å². The topological polar surface area (TPSA) is 90.1 Å². The molecule has 7 heteroatoms. The van der Waals surface area contributed by atoms with Crippen LogP contribution in [0.5, 0.6) is 0 Å². The van der Waals surface area contributed by atoms with Gasteiger partial charge in [-0.25, -0.2) is 0 Å². The van der Waals surface area contributed by atoms with Gasteiger partial charge in [-0.3, -0.25) is 19.6 Å². The lowest BCUT2D eigenvalue weighted by atomic mass is 10.1. The van der Waals surface area contributed by atoms with Gasteiger partial charge in [0.25, 0.3) is 11.6 Å². The van der Waals surface area contributed by atoms with Crippen LogP contribution in [0.25, 0.3) is 0 Å². The van der Waals surface area contributed by atoms with Crippen LogP contribution in [-0.4, -0.2) is 20.6 Å². The Morgan fingerprint density at radius 1 is 1.45 bits per heavy atom. The Labute approximate surface area is 115 Å². The molecule has 0 saturated carbocycles. The molecule has 0 bridgehead atoms. The molecule has 0 saturated heterocycles. The Kier molecular flexibility index (Phi) is 4.09. The van der Waals surface area contributed by atoms with Gasteiger partial charge >= 0.3 is 0 Å². The van der Waals surface area contributed by atoms with Crippen LogP contribution in [0.2, 0.25) is 0 Å². The van der Waals surface area contributed by atoms with Gasteiger partial charge < -0.3 is 5.32 Å². The maximum Gasteiger partial charge on any atom is 0.282 e. The Bertz CT molecular complexity index is 636. The van der Waals surface area contributed by atoms with E-state index in [2.05, 4.69) is 10.4 Å². The summed E-state index contributed by atoms with van der Waals surface area (Å²) in [6, 6.07) is 5.87. The zero-order chi connectivity index (χ0) is 14.5. The van der Waals surface area contributed by atoms with Crippen molar-refractivity contribution in [1.29, 1.82) is 0 Å². The number of nitrogens with zero attached hydrogens (tertiary/aromatic N) is 3. The first-order chi connectivity index (χ1) is 9.61. The Balaban J connectivity index is 2.07. The molecule has 2 aromatic rings. The van der Waals surface area contributed by atoms with Crippen molar-refractivity contribution >= 4 is 11.6 Å². The standard InChI is InChI=1S/C13H14N4O3/c1-2-16-9-10(8-15-16)7-14-13(18)11-5-3-4-6-12(11)17(19)20/h3-6,8-9H,2,7H2,1H3,(H,14,18). The Hall–Kier alpha value is -2.70. The van der Waals surface area contributed by atoms with Gasteiger partial charge in [0.2, 0.25) is 0 Å². The van der Waals surface area contributed by atoms with Crippen LogP contribution in [0.15, 0.2) is 36.7 Å². The molecule has 0 radical (unpaired) electrons. The number of nitro benzene ring substituents is 1. The predicted octanol–water partition coefficient (Wildman–Crippen LogP) is 1.74. The van der Waals surface area contributed by atoms with E-state index in [1.807, 2.05) is 13.1 Å². The van der Waals surface area contributed by atoms with Crippen molar-refractivity contribution in [1.82, 2.24) is 15.1 Å². The number of aromatic nitrogens is 2. The lowest BCUT2D eigenvalue weighted by Gasteiger charge is -2.04. The molecule has 0 unspecified atom stereocenters. The van der Waals surface area contributed by atoms with Crippen molar-refractivity contribution in [3.8, 4) is 0 Å². The van der Waals surface area contributed by atoms with Crippen LogP contribution in [0.1, 0.15) is 22.8 Å². The number of nitrogens with one attached hydrogen (secondary N) is 1. The Morgan fingerprint density at radius 3 is 2.85 bits per heavy atom. The van der Waals surface area contributed by atoms with Gasteiger partial charge in [-0.1, -0.05) is 12.1 Å². The third-order valence-corrected chi connectivity index (χ3v) is 2.81. The average Bonchev–Trinajstić information content (AvgIpc) is 2.92. The fraction of sp³-hybridized carbons (Fsp3) is 0.231. The number of nitro groups is 1. The minimum Gasteiger partial charge on any atom is -0.348 e. The third-order valence-electron chi connectivity index (χ3n) is 2.81. The maximum atomic E-state index is 12.0. The molecule has 0 aliphatic rings. The van der Waals surface area contributed by atoms with E-state index in [0.29, 0.717) is 0 Å². The summed E-state index contributed by atoms with van der Waals surface area (Å²) >= 11 is 0. The molecule has 2 rings (SSSR count). The number of amides is 1. The van der Waals surface area contributed by atoms with Crippen LogP contribution >= 0.6 is 0 Å². The smallest absolute Gasteiger partial charge is 0.282 e. The zero-order valence-corrected chi connectivity index (χ0v) is 10.9. The molecule has 7 nitrogen and oxygen atoms in total. The van der Waals surface area contributed by atoms with Crippen LogP contribution in [0, 0.1) is 10.1 Å². The van der Waals surface area contributed by atoms with Crippen molar-refractivity contribution in [2.75, 3.05) is 0 Å². The second-order valence-corrected chi connectivity index (χ2v) is 4.16. The molecular weight excluding hydrogens is 260 g/mol. The SMILES string of the molecule is CCn1cc(CNC(=O)c2ccccc2[N+](=O)[O-])cn1. The monoisotopic (exact) mass is 274 g/mol. The second kappa shape index (κ2) is 5.96. The number of para-hydroxylation sites is 1. The average molecular weight is 274 g/mol. The van der Waals surface area contributed by atoms with Gasteiger partial charge in [-0.15, -0.1) is 0 Å². The fourth-order valence-electron chi connectivity index (χ4n) is 1.77. The summed E-state index contributed by atoms with van der Waals surface area (Å²) in [5.41, 5.74) is 0.702. The van der Waals surface area contributed by atoms with E-state index in [-0.39, 0.29) is 17.8 Å². The summed E-state index contributed by atoms with van der Waals surface area (Å²) in [6.07, 6.45) is 3.48. The molecule has 0 atom stereocenters. The van der Waals surface area contributed by atoms with E-state index in [1.165, 1.54) is 18.2 Å². The van der Waals surface area contributed by atoms with Gasteiger partial charge in [0.15, 0.2) is 0 Å². The van der Waals surface area contributed by atoms with Crippen molar-refractivity contribution in [3.63, 3.8) is 0 Å². The minimum atomic E-state index is -0.565. The van der Waals surface area contributed by atoms with Gasteiger partial charge in [0.05, 0.1) is 11.1 Å². The molecule has 1 amide bonds. The van der Waals surface area contributed by atoms with E-state index in [1.54, 1.807) is 16.9 Å². The summed E-state index contributed by atoms with van der Waals surface area (Å²) in [7, 11) is 0. The van der Waals surface area contributed by atoms with E-state index >= 15 is 0 Å². The van der Waals surface area contributed by atoms with Crippen LogP contribution in [0.3, 0.4) is 0 Å². The molecule has 0 aliphatic heterocycles. The minimum absolute atomic E-state index is 0.0559. The highest BCUT2D eigenvalue weighted by Crippen LogP contribution is 2.17. The van der Waals surface area contributed by atoms with E-state index in [0.717, 1.165) is 12.1 Å². The number of carbonyl (C=O) groups is 1. The molecule has 0 spiro atoms. The van der Waals surface area contributed by atoms with Gasteiger partial charge in [0.1, 0.15) is 5.56 Å². The number of rotatable bonds is 5. The van der Waals surface area contributed by atoms with Gasteiger partial charge in [0, 0.05) is 30.9 Å². The van der Waals surface area contributed by atoms with Crippen LogP contribution in [0.4, 0.5) is 5.69 Å². The summed E-state index contributed by atoms with van der Waals surface area (Å²) in [6.45, 7) is 2.99. The normalized spacial score (nSPS) is 10.2. The largest absolute Gasteiger partial charge is 0.348 e. The van der Waals surface area contributed by atoms with Gasteiger partial charge in [-0.05, 0) is 13.0 Å². The van der Waals surface area contributed by atoms with E-state index in [4.69, 9.17) is 0 Å². The highest BCUT2D eigenvalue weighted by Gasteiger charge is 2.18. The number of benzene rings is 1. The quantitative estimate of drug-likeness (QED) is 0.664. The molecule has 104 valence electrons. The number of carbonyl (C=O) groups excluding carboxylic acids is 1. The first-order valence-electron chi connectivity index (χ1n) is 6.14. The zero-order valence-electron chi connectivity index (χ0n) is 10.9. The van der Waals surface area contributed by atoms with Crippen molar-refractivity contribution in [2.45, 2.75) is 20.0 Å². The molecule has 0 aliphatic carbocycles. The lowest BCUT2D eigenvalue weighted by Crippen LogP contribution is -2.23. The van der Waals surface area contributed by atoms with Gasteiger partial charge in [-0.2, -0.15) is 5.10 Å².